The molecular formula is C8H15NS. The van der Waals surface area contributed by atoms with Crippen LogP contribution in [0.25, 0.3) is 0 Å². The molecule has 0 unspecified atom stereocenters. The maximum Gasteiger partial charge on any atom is -0.00262 e. The highest BCUT2D eigenvalue weighted by Crippen LogP contribution is 2.06. The van der Waals surface area contributed by atoms with Crippen LogP contribution in [0.2, 0.25) is 0 Å². The molecule has 0 radical (unpaired) electrons. The van der Waals surface area contributed by atoms with E-state index in [-0.39, 0.29) is 0 Å². The van der Waals surface area contributed by atoms with Crippen LogP contribution in [0.5, 0.6) is 0 Å². The zero-order valence-electron chi connectivity index (χ0n) is 6.31. The molecule has 0 aliphatic rings. The van der Waals surface area contributed by atoms with Gasteiger partial charge in [0.25, 0.3) is 0 Å². The van der Waals surface area contributed by atoms with Crippen molar-refractivity contribution < 1.29 is 0 Å². The molecule has 0 aliphatic heterocycles. The van der Waals surface area contributed by atoms with Crippen LogP contribution < -0.4 is 0 Å². The lowest BCUT2D eigenvalue weighted by Crippen LogP contribution is -1.80. The summed E-state index contributed by atoms with van der Waals surface area (Å²) in [6.07, 6.45) is 6.10. The zero-order valence-corrected chi connectivity index (χ0v) is 7.12. The largest absolute Gasteiger partial charge is 0.313 e. The van der Waals surface area contributed by atoms with Gasteiger partial charge in [0.2, 0.25) is 0 Å². The molecular weight excluding hydrogens is 142 g/mol. The number of thioether (sulfide) groups is 1. The number of hydrogen-bond acceptors (Lipinski definition) is 2. The molecule has 0 saturated carbocycles. The Labute approximate surface area is 67.4 Å². The average molecular weight is 157 g/mol. The molecule has 0 saturated heterocycles. The molecule has 0 aromatic carbocycles. The van der Waals surface area contributed by atoms with Gasteiger partial charge >= 0.3 is 0 Å². The number of unbranched alkanes of at least 4 members (excludes halogenated alkanes) is 3. The topological polar surface area (TPSA) is 23.9 Å². The number of nitrogens with one attached hydrogen (secondary N) is 1. The van der Waals surface area contributed by atoms with Crippen molar-refractivity contribution in [3.8, 4) is 0 Å². The molecule has 0 heterocycles. The van der Waals surface area contributed by atoms with E-state index >= 15 is 0 Å². The van der Waals surface area contributed by atoms with Gasteiger partial charge in [-0.1, -0.05) is 13.0 Å². The molecule has 0 amide bonds. The van der Waals surface area contributed by atoms with Crippen molar-refractivity contribution in [2.45, 2.75) is 25.7 Å². The van der Waals surface area contributed by atoms with E-state index in [1.807, 2.05) is 5.41 Å². The predicted octanol–water partition coefficient (Wildman–Crippen LogP) is 3.07. The second kappa shape index (κ2) is 8.76. The van der Waals surface area contributed by atoms with Gasteiger partial charge in [0.15, 0.2) is 0 Å². The fourth-order valence-corrected chi connectivity index (χ4v) is 1.23. The quantitative estimate of drug-likeness (QED) is 0.445. The van der Waals surface area contributed by atoms with Crippen LogP contribution in [0.3, 0.4) is 0 Å². The summed E-state index contributed by atoms with van der Waals surface area (Å²) in [6.45, 7) is 3.62. The smallest absolute Gasteiger partial charge is 0.00262 e. The summed E-state index contributed by atoms with van der Waals surface area (Å²) in [4.78, 5) is 0. The van der Waals surface area contributed by atoms with E-state index < -0.39 is 0 Å². The van der Waals surface area contributed by atoms with Gasteiger partial charge in [-0.15, -0.1) is 11.8 Å². The Morgan fingerprint density at radius 3 is 2.70 bits per heavy atom. The highest BCUT2D eigenvalue weighted by Gasteiger charge is 1.86. The number of rotatable bonds is 7. The van der Waals surface area contributed by atoms with Gasteiger partial charge in [-0.25, -0.2) is 0 Å². The predicted molar refractivity (Wildman–Crippen MR) is 49.9 cm³/mol. The Balaban J connectivity index is 2.76. The minimum atomic E-state index is 0.943. The lowest BCUT2D eigenvalue weighted by atomic mass is 10.2. The van der Waals surface area contributed by atoms with E-state index in [0.29, 0.717) is 0 Å². The van der Waals surface area contributed by atoms with Crippen molar-refractivity contribution in [3.05, 3.63) is 12.0 Å². The zero-order chi connectivity index (χ0) is 7.66. The molecule has 0 atom stereocenters. The van der Waals surface area contributed by atoms with Gasteiger partial charge < -0.3 is 5.41 Å². The van der Waals surface area contributed by atoms with Crippen molar-refractivity contribution in [2.24, 2.45) is 0 Å². The molecule has 0 spiro atoms. The van der Waals surface area contributed by atoms with Gasteiger partial charge in [0.1, 0.15) is 0 Å². The summed E-state index contributed by atoms with van der Waals surface area (Å²) in [6, 6.07) is 0. The molecule has 1 N–H and O–H groups in total. The van der Waals surface area contributed by atoms with Gasteiger partial charge in [0.05, 0.1) is 0 Å². The molecule has 58 valence electrons. The highest BCUT2D eigenvalue weighted by molar-refractivity contribution is 8.02. The van der Waals surface area contributed by atoms with E-state index in [9.17, 15) is 0 Å². The molecule has 0 aromatic heterocycles. The fourth-order valence-electron chi connectivity index (χ4n) is 0.692. The van der Waals surface area contributed by atoms with Crippen molar-refractivity contribution >= 4 is 18.0 Å². The van der Waals surface area contributed by atoms with Crippen LogP contribution in [0.15, 0.2) is 12.0 Å². The van der Waals surface area contributed by atoms with E-state index in [4.69, 9.17) is 5.41 Å². The monoisotopic (exact) mass is 157 g/mol. The van der Waals surface area contributed by atoms with Crippen molar-refractivity contribution in [1.29, 1.82) is 5.41 Å². The Morgan fingerprint density at radius 2 is 2.10 bits per heavy atom. The summed E-state index contributed by atoms with van der Waals surface area (Å²) >= 11 is 1.77. The maximum absolute atomic E-state index is 6.77. The molecule has 0 bridgehead atoms. The Kier molecular flexibility index (Phi) is 8.55. The molecule has 10 heavy (non-hydrogen) atoms. The third-order valence-electron chi connectivity index (χ3n) is 1.23. The lowest BCUT2D eigenvalue weighted by molar-refractivity contribution is 0.752. The maximum atomic E-state index is 6.77. The van der Waals surface area contributed by atoms with Gasteiger partial charge in [-0.05, 0) is 36.6 Å². The summed E-state index contributed by atoms with van der Waals surface area (Å²) < 4.78 is 0. The van der Waals surface area contributed by atoms with Crippen LogP contribution in [0.4, 0.5) is 0 Å². The van der Waals surface area contributed by atoms with Crippen molar-refractivity contribution in [3.63, 3.8) is 0 Å². The van der Waals surface area contributed by atoms with E-state index in [1.165, 1.54) is 31.2 Å². The van der Waals surface area contributed by atoms with E-state index in [1.54, 1.807) is 11.8 Å². The minimum absolute atomic E-state index is 0.943. The van der Waals surface area contributed by atoms with E-state index in [0.717, 1.165) is 6.42 Å². The molecule has 0 fully saturated rings. The molecule has 2 heteroatoms. The summed E-state index contributed by atoms with van der Waals surface area (Å²) in [7, 11) is 0. The molecule has 1 nitrogen and oxygen atoms in total. The molecule has 0 aliphatic carbocycles. The Hall–Kier alpha value is -0.240. The summed E-state index contributed by atoms with van der Waals surface area (Å²) in [5.74, 6) is 1.18. The van der Waals surface area contributed by atoms with Crippen LogP contribution >= 0.6 is 11.8 Å². The first-order valence-electron chi connectivity index (χ1n) is 3.63. The van der Waals surface area contributed by atoms with E-state index in [2.05, 4.69) is 6.58 Å². The average Bonchev–Trinajstić information content (AvgIpc) is 1.97. The highest BCUT2D eigenvalue weighted by atomic mass is 32.2. The SMILES string of the molecule is C=CSCCCCCC=N. The Bertz CT molecular complexity index is 79.3. The van der Waals surface area contributed by atoms with Gasteiger partial charge in [-0.2, -0.15) is 0 Å². The van der Waals surface area contributed by atoms with Crippen LogP contribution in [0, 0.1) is 5.41 Å². The van der Waals surface area contributed by atoms with Crippen molar-refractivity contribution in [1.82, 2.24) is 0 Å². The van der Waals surface area contributed by atoms with Crippen molar-refractivity contribution in [2.75, 3.05) is 5.75 Å². The van der Waals surface area contributed by atoms with Crippen LogP contribution in [0.1, 0.15) is 25.7 Å². The third kappa shape index (κ3) is 7.76. The standard InChI is InChI=1S/C8H15NS/c1-2-10-8-6-4-3-5-7-9/h2,7,9H,1,3-6,8H2. The number of hydrogen-bond donors (Lipinski definition) is 1. The summed E-state index contributed by atoms with van der Waals surface area (Å²) in [5, 5.41) is 8.66. The first kappa shape index (κ1) is 9.76. The first-order valence-corrected chi connectivity index (χ1v) is 4.68. The van der Waals surface area contributed by atoms with Crippen LogP contribution in [-0.2, 0) is 0 Å². The van der Waals surface area contributed by atoms with Gasteiger partial charge in [0, 0.05) is 0 Å². The lowest BCUT2D eigenvalue weighted by Gasteiger charge is -1.94. The second-order valence-electron chi connectivity index (χ2n) is 2.09. The first-order chi connectivity index (χ1) is 4.91. The molecule has 0 aromatic rings. The fraction of sp³-hybridized carbons (Fsp3) is 0.625. The third-order valence-corrected chi connectivity index (χ3v) is 1.99. The summed E-state index contributed by atoms with van der Waals surface area (Å²) in [5.41, 5.74) is 0. The van der Waals surface area contributed by atoms with Crippen LogP contribution in [-0.4, -0.2) is 12.0 Å². The molecule has 0 rings (SSSR count). The Morgan fingerprint density at radius 1 is 1.30 bits per heavy atom. The normalized spacial score (nSPS) is 9.20. The van der Waals surface area contributed by atoms with Gasteiger partial charge in [-0.3, -0.25) is 0 Å². The second-order valence-corrected chi connectivity index (χ2v) is 3.17. The minimum Gasteiger partial charge on any atom is -0.313 e.